The van der Waals surface area contributed by atoms with Crippen LogP contribution in [0, 0.1) is 5.92 Å². The van der Waals surface area contributed by atoms with Crippen LogP contribution in [0.2, 0.25) is 0 Å². The molecule has 0 radical (unpaired) electrons. The van der Waals surface area contributed by atoms with Gasteiger partial charge in [-0.05, 0) is 38.4 Å². The summed E-state index contributed by atoms with van der Waals surface area (Å²) in [6.07, 6.45) is 4.22. The molecule has 140 valence electrons. The van der Waals surface area contributed by atoms with Crippen LogP contribution in [0.5, 0.6) is 0 Å². The largest absolute Gasteiger partial charge is 0.350 e. The highest BCUT2D eigenvalue weighted by molar-refractivity contribution is 5.92. The molecule has 2 N–H and O–H groups in total. The van der Waals surface area contributed by atoms with Gasteiger partial charge in [0.15, 0.2) is 0 Å². The highest BCUT2D eigenvalue weighted by atomic mass is 16.1. The molecule has 3 heterocycles. The third-order valence-electron chi connectivity index (χ3n) is 5.26. The van der Waals surface area contributed by atoms with Gasteiger partial charge in [0.05, 0.1) is 6.04 Å². The second-order valence-corrected chi connectivity index (χ2v) is 7.60. The fourth-order valence-electron chi connectivity index (χ4n) is 3.61. The van der Waals surface area contributed by atoms with Crippen molar-refractivity contribution >= 4 is 5.91 Å². The lowest BCUT2D eigenvalue weighted by molar-refractivity contribution is 0.0931. The number of nitrogens with one attached hydrogen (secondary N) is 2. The molecule has 0 aliphatic carbocycles. The van der Waals surface area contributed by atoms with E-state index >= 15 is 0 Å². The minimum absolute atomic E-state index is 0.0623. The van der Waals surface area contributed by atoms with Gasteiger partial charge in [0, 0.05) is 52.0 Å². The summed E-state index contributed by atoms with van der Waals surface area (Å²) in [7, 11) is 2.17. The van der Waals surface area contributed by atoms with E-state index in [0.717, 1.165) is 58.7 Å². The number of nitrogens with zero attached hydrogens (tertiary/aromatic N) is 4. The second kappa shape index (κ2) is 8.78. The summed E-state index contributed by atoms with van der Waals surface area (Å²) in [4.78, 5) is 17.2. The van der Waals surface area contributed by atoms with E-state index in [9.17, 15) is 4.79 Å². The van der Waals surface area contributed by atoms with Crippen LogP contribution < -0.4 is 10.6 Å². The SMILES string of the molecule is CC(CNC(=O)c1ccn(C2CCCNC2)n1)CN1CCN(C)CC1. The molecule has 1 amide bonds. The Bertz CT molecular complexity index is 546. The first-order valence-electron chi connectivity index (χ1n) is 9.57. The second-order valence-electron chi connectivity index (χ2n) is 7.60. The molecule has 1 aromatic heterocycles. The van der Waals surface area contributed by atoms with E-state index in [0.29, 0.717) is 24.2 Å². The molecule has 0 saturated carbocycles. The lowest BCUT2D eigenvalue weighted by Gasteiger charge is -2.33. The van der Waals surface area contributed by atoms with Crippen LogP contribution >= 0.6 is 0 Å². The zero-order valence-corrected chi connectivity index (χ0v) is 15.6. The fraction of sp³-hybridized carbons (Fsp3) is 0.778. The maximum absolute atomic E-state index is 12.4. The van der Waals surface area contributed by atoms with Crippen LogP contribution in [-0.2, 0) is 0 Å². The zero-order chi connectivity index (χ0) is 17.6. The lowest BCUT2D eigenvalue weighted by atomic mass is 10.1. The van der Waals surface area contributed by atoms with Crippen molar-refractivity contribution in [2.45, 2.75) is 25.8 Å². The number of piperazine rings is 1. The number of piperidine rings is 1. The van der Waals surface area contributed by atoms with E-state index in [-0.39, 0.29) is 5.91 Å². The Morgan fingerprint density at radius 2 is 2.20 bits per heavy atom. The van der Waals surface area contributed by atoms with Gasteiger partial charge in [-0.3, -0.25) is 9.48 Å². The van der Waals surface area contributed by atoms with Gasteiger partial charge in [-0.1, -0.05) is 6.92 Å². The van der Waals surface area contributed by atoms with E-state index in [1.54, 1.807) is 0 Å². The first-order valence-corrected chi connectivity index (χ1v) is 9.57. The number of hydrogen-bond donors (Lipinski definition) is 2. The zero-order valence-electron chi connectivity index (χ0n) is 15.6. The van der Waals surface area contributed by atoms with Gasteiger partial charge >= 0.3 is 0 Å². The fourth-order valence-corrected chi connectivity index (χ4v) is 3.61. The lowest BCUT2D eigenvalue weighted by Crippen LogP contribution is -2.46. The summed E-state index contributed by atoms with van der Waals surface area (Å²) in [5.74, 6) is 0.379. The molecule has 3 rings (SSSR count). The summed E-state index contributed by atoms with van der Waals surface area (Å²) in [5, 5.41) is 10.9. The maximum Gasteiger partial charge on any atom is 0.271 e. The predicted molar refractivity (Wildman–Crippen MR) is 98.8 cm³/mol. The van der Waals surface area contributed by atoms with Gasteiger partial charge in [-0.15, -0.1) is 0 Å². The molecule has 1 aromatic rings. The smallest absolute Gasteiger partial charge is 0.271 e. The number of amides is 1. The molecule has 2 unspecified atom stereocenters. The van der Waals surface area contributed by atoms with Crippen LogP contribution in [-0.4, -0.2) is 84.9 Å². The van der Waals surface area contributed by atoms with Crippen LogP contribution in [0.25, 0.3) is 0 Å². The van der Waals surface area contributed by atoms with Gasteiger partial charge in [0.25, 0.3) is 5.91 Å². The highest BCUT2D eigenvalue weighted by Gasteiger charge is 2.19. The number of aromatic nitrogens is 2. The summed E-state index contributed by atoms with van der Waals surface area (Å²) < 4.78 is 1.94. The van der Waals surface area contributed by atoms with Gasteiger partial charge in [-0.2, -0.15) is 5.10 Å². The quantitative estimate of drug-likeness (QED) is 0.780. The molecule has 2 aliphatic heterocycles. The average Bonchev–Trinajstić information content (AvgIpc) is 3.13. The maximum atomic E-state index is 12.4. The average molecular weight is 348 g/mol. The Morgan fingerprint density at radius 1 is 1.40 bits per heavy atom. The monoisotopic (exact) mass is 348 g/mol. The van der Waals surface area contributed by atoms with E-state index in [4.69, 9.17) is 0 Å². The third kappa shape index (κ3) is 5.26. The van der Waals surface area contributed by atoms with Crippen molar-refractivity contribution < 1.29 is 4.79 Å². The highest BCUT2D eigenvalue weighted by Crippen LogP contribution is 2.15. The topological polar surface area (TPSA) is 65.4 Å². The van der Waals surface area contributed by atoms with Gasteiger partial charge in [0.2, 0.25) is 0 Å². The normalized spacial score (nSPS) is 24.2. The number of likely N-dealkylation sites (N-methyl/N-ethyl adjacent to an activating group) is 1. The molecular weight excluding hydrogens is 316 g/mol. The van der Waals surface area contributed by atoms with Crippen molar-refractivity contribution in [3.63, 3.8) is 0 Å². The standard InChI is InChI=1S/C18H32N6O/c1-15(14-23-10-8-22(2)9-11-23)12-20-18(25)17-5-7-24(21-17)16-4-3-6-19-13-16/h5,7,15-16,19H,3-4,6,8-14H2,1-2H3,(H,20,25). The Labute approximate surface area is 150 Å². The minimum atomic E-state index is -0.0623. The molecule has 2 aliphatic rings. The van der Waals surface area contributed by atoms with E-state index in [1.165, 1.54) is 0 Å². The number of carbonyl (C=O) groups is 1. The van der Waals surface area contributed by atoms with Crippen LogP contribution in [0.3, 0.4) is 0 Å². The van der Waals surface area contributed by atoms with E-state index in [1.807, 2.05) is 16.9 Å². The molecule has 7 heteroatoms. The first kappa shape index (κ1) is 18.4. The van der Waals surface area contributed by atoms with Crippen molar-refractivity contribution in [2.24, 2.45) is 5.92 Å². The van der Waals surface area contributed by atoms with Crippen LogP contribution in [0.1, 0.15) is 36.3 Å². The summed E-state index contributed by atoms with van der Waals surface area (Å²) in [6.45, 7) is 10.5. The summed E-state index contributed by atoms with van der Waals surface area (Å²) in [5.41, 5.74) is 0.525. The molecule has 25 heavy (non-hydrogen) atoms. The molecule has 2 fully saturated rings. The Kier molecular flexibility index (Phi) is 6.45. The third-order valence-corrected chi connectivity index (χ3v) is 5.26. The minimum Gasteiger partial charge on any atom is -0.350 e. The number of rotatable bonds is 6. The van der Waals surface area contributed by atoms with Crippen molar-refractivity contribution in [3.05, 3.63) is 18.0 Å². The summed E-state index contributed by atoms with van der Waals surface area (Å²) >= 11 is 0. The van der Waals surface area contributed by atoms with Crippen LogP contribution in [0.4, 0.5) is 0 Å². The van der Waals surface area contributed by atoms with Crippen molar-refractivity contribution in [1.82, 2.24) is 30.2 Å². The Balaban J connectivity index is 1.42. The Morgan fingerprint density at radius 3 is 2.92 bits per heavy atom. The van der Waals surface area contributed by atoms with E-state index < -0.39 is 0 Å². The van der Waals surface area contributed by atoms with Crippen molar-refractivity contribution in [2.75, 3.05) is 59.4 Å². The number of hydrogen-bond acceptors (Lipinski definition) is 5. The number of carbonyl (C=O) groups excluding carboxylic acids is 1. The molecule has 2 saturated heterocycles. The molecule has 0 spiro atoms. The molecule has 7 nitrogen and oxygen atoms in total. The van der Waals surface area contributed by atoms with Crippen LogP contribution in [0.15, 0.2) is 12.3 Å². The first-order chi connectivity index (χ1) is 12.1. The van der Waals surface area contributed by atoms with Gasteiger partial charge in [0.1, 0.15) is 5.69 Å². The van der Waals surface area contributed by atoms with Gasteiger partial charge < -0.3 is 20.4 Å². The van der Waals surface area contributed by atoms with Gasteiger partial charge in [-0.25, -0.2) is 0 Å². The summed E-state index contributed by atoms with van der Waals surface area (Å²) in [6, 6.07) is 2.20. The van der Waals surface area contributed by atoms with Crippen molar-refractivity contribution in [3.8, 4) is 0 Å². The van der Waals surface area contributed by atoms with E-state index in [2.05, 4.69) is 39.5 Å². The Hall–Kier alpha value is -1.44. The van der Waals surface area contributed by atoms with Crippen molar-refractivity contribution in [1.29, 1.82) is 0 Å². The predicted octanol–water partition coefficient (Wildman–Crippen LogP) is 0.421. The molecular formula is C18H32N6O. The molecule has 0 bridgehead atoms. The molecule has 2 atom stereocenters. The molecule has 0 aromatic carbocycles.